The second-order valence-corrected chi connectivity index (χ2v) is 6.86. The Bertz CT molecular complexity index is 977. The van der Waals surface area contributed by atoms with Crippen molar-refractivity contribution in [2.75, 3.05) is 28.4 Å². The van der Waals surface area contributed by atoms with E-state index in [2.05, 4.69) is 6.58 Å². The number of nitrogens with two attached hydrogens (primary N) is 1. The van der Waals surface area contributed by atoms with E-state index < -0.39 is 0 Å². The van der Waals surface area contributed by atoms with Gasteiger partial charge in [-0.25, -0.2) is 5.84 Å². The molecule has 2 aromatic carbocycles. The van der Waals surface area contributed by atoms with Crippen molar-refractivity contribution in [3.8, 4) is 6.07 Å². The summed E-state index contributed by atoms with van der Waals surface area (Å²) >= 11 is 0. The lowest BCUT2D eigenvalue weighted by Gasteiger charge is -2.28. The molecule has 7 heteroatoms. The van der Waals surface area contributed by atoms with Crippen LogP contribution in [-0.4, -0.2) is 25.4 Å². The maximum atomic E-state index is 12.8. The summed E-state index contributed by atoms with van der Waals surface area (Å²) in [6.07, 6.45) is 2.49. The van der Waals surface area contributed by atoms with Crippen LogP contribution in [0.5, 0.6) is 0 Å². The molecule has 0 bridgehead atoms. The molecule has 0 unspecified atom stereocenters. The molecular formula is C22H23N5O2. The van der Waals surface area contributed by atoms with Crippen molar-refractivity contribution in [3.05, 3.63) is 66.4 Å². The van der Waals surface area contributed by atoms with Crippen LogP contribution >= 0.6 is 0 Å². The van der Waals surface area contributed by atoms with Gasteiger partial charge in [-0.15, -0.1) is 0 Å². The largest absolute Gasteiger partial charge is 0.312 e. The molecule has 0 radical (unpaired) electrons. The Hall–Kier alpha value is -3.63. The molecule has 7 nitrogen and oxygen atoms in total. The molecule has 0 aromatic heterocycles. The van der Waals surface area contributed by atoms with Gasteiger partial charge >= 0.3 is 0 Å². The van der Waals surface area contributed by atoms with Gasteiger partial charge in [0.15, 0.2) is 0 Å². The molecule has 0 saturated carbocycles. The second-order valence-electron chi connectivity index (χ2n) is 6.86. The van der Waals surface area contributed by atoms with Crippen LogP contribution in [0.1, 0.15) is 24.8 Å². The molecule has 1 heterocycles. The highest BCUT2D eigenvalue weighted by molar-refractivity contribution is 6.07. The van der Waals surface area contributed by atoms with Gasteiger partial charge in [-0.05, 0) is 55.3 Å². The van der Waals surface area contributed by atoms with E-state index >= 15 is 0 Å². The molecule has 1 saturated heterocycles. The quantitative estimate of drug-likeness (QED) is 0.482. The van der Waals surface area contributed by atoms with E-state index in [9.17, 15) is 9.59 Å². The summed E-state index contributed by atoms with van der Waals surface area (Å²) in [6, 6.07) is 15.9. The Morgan fingerprint density at radius 3 is 2.55 bits per heavy atom. The van der Waals surface area contributed by atoms with Gasteiger partial charge in [-0.3, -0.25) is 14.6 Å². The van der Waals surface area contributed by atoms with Crippen LogP contribution in [0.25, 0.3) is 0 Å². The number of benzene rings is 2. The van der Waals surface area contributed by atoms with E-state index in [1.807, 2.05) is 18.2 Å². The third-order valence-electron chi connectivity index (χ3n) is 4.97. The van der Waals surface area contributed by atoms with Crippen molar-refractivity contribution >= 4 is 28.9 Å². The summed E-state index contributed by atoms with van der Waals surface area (Å²) in [4.78, 5) is 28.1. The molecule has 1 aliphatic heterocycles. The van der Waals surface area contributed by atoms with E-state index in [4.69, 9.17) is 11.1 Å². The van der Waals surface area contributed by atoms with Crippen LogP contribution in [0.4, 0.5) is 17.1 Å². The zero-order valence-corrected chi connectivity index (χ0v) is 16.3. The Morgan fingerprint density at radius 2 is 1.90 bits per heavy atom. The molecule has 2 aromatic rings. The lowest BCUT2D eigenvalue weighted by Crippen LogP contribution is -2.39. The van der Waals surface area contributed by atoms with Gasteiger partial charge in [0.25, 0.3) is 5.91 Å². The van der Waals surface area contributed by atoms with Crippen LogP contribution in [0.2, 0.25) is 0 Å². The van der Waals surface area contributed by atoms with Gasteiger partial charge < -0.3 is 9.80 Å². The number of hydrazine groups is 1. The minimum absolute atomic E-state index is 0.0675. The Morgan fingerprint density at radius 1 is 1.17 bits per heavy atom. The van der Waals surface area contributed by atoms with Gasteiger partial charge in [0.2, 0.25) is 5.91 Å². The van der Waals surface area contributed by atoms with Crippen molar-refractivity contribution in [1.29, 1.82) is 5.26 Å². The molecule has 0 aliphatic carbocycles. The molecule has 2 N–H and O–H groups in total. The Balaban J connectivity index is 1.72. The topological polar surface area (TPSA) is 93.7 Å². The van der Waals surface area contributed by atoms with Crippen molar-refractivity contribution in [1.82, 2.24) is 0 Å². The minimum atomic E-state index is -0.378. The van der Waals surface area contributed by atoms with Crippen molar-refractivity contribution in [2.24, 2.45) is 5.84 Å². The molecule has 3 rings (SSSR count). The second kappa shape index (κ2) is 8.59. The lowest BCUT2D eigenvalue weighted by molar-refractivity contribution is -0.119. The van der Waals surface area contributed by atoms with Crippen LogP contribution in [0.15, 0.2) is 60.8 Å². The number of rotatable bonds is 5. The number of carbonyl (C=O) groups excluding carboxylic acids is 2. The molecular weight excluding hydrogens is 366 g/mol. The molecule has 148 valence electrons. The first-order valence-electron chi connectivity index (χ1n) is 9.34. The number of hydrogen-bond acceptors (Lipinski definition) is 5. The van der Waals surface area contributed by atoms with Crippen LogP contribution in [0, 0.1) is 11.3 Å². The summed E-state index contributed by atoms with van der Waals surface area (Å²) in [5, 5.41) is 10.2. The van der Waals surface area contributed by atoms with E-state index in [0.717, 1.165) is 18.5 Å². The maximum absolute atomic E-state index is 12.8. The predicted octanol–water partition coefficient (Wildman–Crippen LogP) is 2.93. The number of anilines is 3. The zero-order valence-electron chi connectivity index (χ0n) is 16.3. The van der Waals surface area contributed by atoms with Gasteiger partial charge in [-0.2, -0.15) is 5.26 Å². The summed E-state index contributed by atoms with van der Waals surface area (Å²) in [5.74, 6) is 5.80. The first-order chi connectivity index (χ1) is 13.9. The Labute approximate surface area is 170 Å². The van der Waals surface area contributed by atoms with Gasteiger partial charge in [0.05, 0.1) is 17.3 Å². The fourth-order valence-electron chi connectivity index (χ4n) is 3.23. The highest BCUT2D eigenvalue weighted by atomic mass is 16.2. The average molecular weight is 389 g/mol. The molecule has 1 fully saturated rings. The monoisotopic (exact) mass is 389 g/mol. The fraction of sp³-hybridized carbons (Fsp3) is 0.227. The van der Waals surface area contributed by atoms with E-state index in [1.54, 1.807) is 48.3 Å². The highest BCUT2D eigenvalue weighted by Crippen LogP contribution is 2.25. The lowest BCUT2D eigenvalue weighted by atomic mass is 10.1. The van der Waals surface area contributed by atoms with Gasteiger partial charge in [-0.1, -0.05) is 12.6 Å². The number of amides is 2. The number of nitriles is 1. The van der Waals surface area contributed by atoms with Gasteiger partial charge in [0, 0.05) is 31.4 Å². The number of nitrogens with zero attached hydrogens (tertiary/aromatic N) is 4. The van der Waals surface area contributed by atoms with Crippen molar-refractivity contribution in [3.63, 3.8) is 0 Å². The molecule has 29 heavy (non-hydrogen) atoms. The molecule has 0 atom stereocenters. The summed E-state index contributed by atoms with van der Waals surface area (Å²) in [5.41, 5.74) is 2.48. The van der Waals surface area contributed by atoms with Crippen LogP contribution in [-0.2, 0) is 9.59 Å². The third-order valence-corrected chi connectivity index (χ3v) is 4.97. The SMILES string of the molecule is C=C(C(=O)N(C)c1ccc(N2CCCCC2=O)cc1)N(N)c1cccc(C#N)c1. The van der Waals surface area contributed by atoms with E-state index in [1.165, 1.54) is 9.91 Å². The molecule has 1 aliphatic rings. The fourth-order valence-corrected chi connectivity index (χ4v) is 3.23. The molecule has 2 amide bonds. The normalized spacial score (nSPS) is 13.6. The number of carbonyl (C=O) groups is 2. The van der Waals surface area contributed by atoms with Crippen molar-refractivity contribution in [2.45, 2.75) is 19.3 Å². The minimum Gasteiger partial charge on any atom is -0.312 e. The van der Waals surface area contributed by atoms with Gasteiger partial charge in [0.1, 0.15) is 5.70 Å². The van der Waals surface area contributed by atoms with Crippen molar-refractivity contribution < 1.29 is 9.59 Å². The number of hydrogen-bond donors (Lipinski definition) is 1. The van der Waals surface area contributed by atoms with E-state index in [0.29, 0.717) is 29.9 Å². The van der Waals surface area contributed by atoms with Crippen LogP contribution in [0.3, 0.4) is 0 Å². The summed E-state index contributed by atoms with van der Waals surface area (Å²) < 4.78 is 0. The zero-order chi connectivity index (χ0) is 21.0. The predicted molar refractivity (Wildman–Crippen MR) is 113 cm³/mol. The third kappa shape index (κ3) is 4.28. The number of piperidine rings is 1. The maximum Gasteiger partial charge on any atom is 0.275 e. The highest BCUT2D eigenvalue weighted by Gasteiger charge is 2.22. The smallest absolute Gasteiger partial charge is 0.275 e. The first-order valence-corrected chi connectivity index (χ1v) is 9.34. The Kier molecular flexibility index (Phi) is 5.96. The molecule has 0 spiro atoms. The van der Waals surface area contributed by atoms with E-state index in [-0.39, 0.29) is 17.5 Å². The number of likely N-dealkylation sites (N-methyl/N-ethyl adjacent to an activating group) is 1. The summed E-state index contributed by atoms with van der Waals surface area (Å²) in [6.45, 7) is 4.52. The standard InChI is InChI=1S/C22H23N5O2/c1-16(27(24)20-7-5-6-17(14-20)15-23)22(29)25(2)18-9-11-19(12-10-18)26-13-4-3-8-21(26)28/h5-7,9-12,14H,1,3-4,8,13,24H2,2H3. The van der Waals surface area contributed by atoms with Crippen LogP contribution < -0.4 is 20.7 Å². The summed E-state index contributed by atoms with van der Waals surface area (Å²) in [7, 11) is 1.63. The average Bonchev–Trinajstić information content (AvgIpc) is 2.77. The first kappa shape index (κ1) is 20.1.